The molecule has 0 bridgehead atoms. The van der Waals surface area contributed by atoms with Crippen LogP contribution in [0.2, 0.25) is 5.02 Å². The fourth-order valence-corrected chi connectivity index (χ4v) is 4.08. The van der Waals surface area contributed by atoms with Crippen molar-refractivity contribution in [3.8, 4) is 0 Å². The Balaban J connectivity index is 1.54. The minimum Gasteiger partial charge on any atom is -0.347 e. The number of amides is 3. The van der Waals surface area contributed by atoms with Gasteiger partial charge in [0.15, 0.2) is 0 Å². The number of halogens is 4. The molecule has 0 saturated carbocycles. The second kappa shape index (κ2) is 9.19. The SMILES string of the molecule is Cc1c(Cl)cccc1NC(=O)CNC(=O)CC1Sc2ccc(C(F)(F)F)cc2NC1=O. The minimum absolute atomic E-state index is 0.0535. The van der Waals surface area contributed by atoms with Crippen LogP contribution in [0.5, 0.6) is 0 Å². The minimum atomic E-state index is -4.52. The van der Waals surface area contributed by atoms with E-state index >= 15 is 0 Å². The Morgan fingerprint density at radius 3 is 2.65 bits per heavy atom. The standard InChI is InChI=1S/C20H17ClF3N3O3S/c1-10-12(21)3-2-4-13(10)26-18(29)9-25-17(28)8-16-19(30)27-14-7-11(20(22,23)24)5-6-15(14)31-16/h2-7,16H,8-9H2,1H3,(H,25,28)(H,26,29)(H,27,30). The van der Waals surface area contributed by atoms with Gasteiger partial charge in [-0.2, -0.15) is 13.2 Å². The van der Waals surface area contributed by atoms with Crippen molar-refractivity contribution in [3.63, 3.8) is 0 Å². The quantitative estimate of drug-likeness (QED) is 0.609. The molecular formula is C20H17ClF3N3O3S. The largest absolute Gasteiger partial charge is 0.416 e. The molecule has 31 heavy (non-hydrogen) atoms. The first-order valence-electron chi connectivity index (χ1n) is 9.05. The maximum absolute atomic E-state index is 12.8. The molecule has 3 amide bonds. The van der Waals surface area contributed by atoms with E-state index in [9.17, 15) is 27.6 Å². The molecule has 6 nitrogen and oxygen atoms in total. The van der Waals surface area contributed by atoms with Crippen molar-refractivity contribution in [3.05, 3.63) is 52.5 Å². The van der Waals surface area contributed by atoms with Crippen molar-refractivity contribution in [1.29, 1.82) is 0 Å². The first kappa shape index (κ1) is 23.0. The summed E-state index contributed by atoms with van der Waals surface area (Å²) in [6.45, 7) is 1.43. The number of rotatable bonds is 5. The summed E-state index contributed by atoms with van der Waals surface area (Å²) in [5, 5.41) is 7.13. The molecule has 0 fully saturated rings. The summed E-state index contributed by atoms with van der Waals surface area (Å²) in [5.74, 6) is -1.59. The fourth-order valence-electron chi connectivity index (χ4n) is 2.82. The lowest BCUT2D eigenvalue weighted by atomic mass is 10.1. The molecule has 0 aromatic heterocycles. The molecule has 2 aromatic rings. The molecule has 0 spiro atoms. The van der Waals surface area contributed by atoms with E-state index < -0.39 is 34.7 Å². The number of alkyl halides is 3. The Hall–Kier alpha value is -2.72. The van der Waals surface area contributed by atoms with E-state index in [2.05, 4.69) is 16.0 Å². The predicted molar refractivity (Wildman–Crippen MR) is 112 cm³/mol. The highest BCUT2D eigenvalue weighted by Crippen LogP contribution is 2.40. The Morgan fingerprint density at radius 1 is 1.19 bits per heavy atom. The highest BCUT2D eigenvalue weighted by atomic mass is 35.5. The molecule has 1 atom stereocenters. The third-order valence-corrected chi connectivity index (χ3v) is 6.17. The van der Waals surface area contributed by atoms with Gasteiger partial charge in [-0.15, -0.1) is 11.8 Å². The van der Waals surface area contributed by atoms with Gasteiger partial charge < -0.3 is 16.0 Å². The Labute approximate surface area is 184 Å². The van der Waals surface area contributed by atoms with Gasteiger partial charge in [0, 0.05) is 22.0 Å². The van der Waals surface area contributed by atoms with Crippen LogP contribution < -0.4 is 16.0 Å². The summed E-state index contributed by atoms with van der Waals surface area (Å²) in [7, 11) is 0. The number of anilines is 2. The summed E-state index contributed by atoms with van der Waals surface area (Å²) in [4.78, 5) is 36.9. The number of hydrogen-bond acceptors (Lipinski definition) is 4. The van der Waals surface area contributed by atoms with Crippen LogP contribution in [0.15, 0.2) is 41.3 Å². The van der Waals surface area contributed by atoms with Crippen molar-refractivity contribution in [2.75, 3.05) is 17.2 Å². The molecule has 3 rings (SSSR count). The van der Waals surface area contributed by atoms with Gasteiger partial charge >= 0.3 is 6.18 Å². The molecule has 1 unspecified atom stereocenters. The van der Waals surface area contributed by atoms with E-state index in [1.165, 1.54) is 6.07 Å². The topological polar surface area (TPSA) is 87.3 Å². The smallest absolute Gasteiger partial charge is 0.347 e. The second-order valence-corrected chi connectivity index (χ2v) is 8.40. The van der Waals surface area contributed by atoms with Gasteiger partial charge in [-0.3, -0.25) is 14.4 Å². The number of thioether (sulfide) groups is 1. The van der Waals surface area contributed by atoms with Crippen LogP contribution >= 0.6 is 23.4 Å². The lowest BCUT2D eigenvalue weighted by Gasteiger charge is -2.24. The molecule has 3 N–H and O–H groups in total. The third kappa shape index (κ3) is 5.71. The lowest BCUT2D eigenvalue weighted by molar-refractivity contribution is -0.137. The van der Waals surface area contributed by atoms with Gasteiger partial charge in [-0.25, -0.2) is 0 Å². The van der Waals surface area contributed by atoms with Gasteiger partial charge in [0.2, 0.25) is 17.7 Å². The average Bonchev–Trinajstić information content (AvgIpc) is 2.69. The van der Waals surface area contributed by atoms with E-state index in [4.69, 9.17) is 11.6 Å². The number of fused-ring (bicyclic) bond motifs is 1. The molecule has 0 aliphatic carbocycles. The van der Waals surface area contributed by atoms with Crippen LogP contribution in [-0.2, 0) is 20.6 Å². The molecule has 2 aromatic carbocycles. The first-order valence-corrected chi connectivity index (χ1v) is 10.3. The number of nitrogens with one attached hydrogen (secondary N) is 3. The zero-order valence-corrected chi connectivity index (χ0v) is 17.7. The molecule has 164 valence electrons. The summed E-state index contributed by atoms with van der Waals surface area (Å²) in [6, 6.07) is 8.07. The Kier molecular flexibility index (Phi) is 6.80. The van der Waals surface area contributed by atoms with E-state index in [0.29, 0.717) is 21.2 Å². The predicted octanol–water partition coefficient (Wildman–Crippen LogP) is 4.23. The highest BCUT2D eigenvalue weighted by Gasteiger charge is 2.34. The van der Waals surface area contributed by atoms with E-state index in [-0.39, 0.29) is 18.7 Å². The fraction of sp³-hybridized carbons (Fsp3) is 0.250. The van der Waals surface area contributed by atoms with Crippen molar-refractivity contribution in [2.45, 2.75) is 29.7 Å². The number of carbonyl (C=O) groups is 3. The van der Waals surface area contributed by atoms with Crippen molar-refractivity contribution >= 4 is 52.5 Å². The van der Waals surface area contributed by atoms with E-state index in [0.717, 1.165) is 23.9 Å². The average molecular weight is 472 g/mol. The third-order valence-electron chi connectivity index (χ3n) is 4.49. The molecular weight excluding hydrogens is 455 g/mol. The van der Waals surface area contributed by atoms with E-state index in [1.807, 2.05) is 0 Å². The normalized spacial score (nSPS) is 15.6. The number of carbonyl (C=O) groups excluding carboxylic acids is 3. The summed E-state index contributed by atoms with van der Waals surface area (Å²) >= 11 is 6.99. The first-order chi connectivity index (χ1) is 14.5. The van der Waals surface area contributed by atoms with Crippen molar-refractivity contribution < 1.29 is 27.6 Å². The van der Waals surface area contributed by atoms with Crippen LogP contribution in [0.1, 0.15) is 17.5 Å². The van der Waals surface area contributed by atoms with Gasteiger partial charge in [0.25, 0.3) is 0 Å². The number of hydrogen-bond donors (Lipinski definition) is 3. The van der Waals surface area contributed by atoms with Crippen LogP contribution in [0.4, 0.5) is 24.5 Å². The molecule has 1 heterocycles. The van der Waals surface area contributed by atoms with E-state index in [1.54, 1.807) is 25.1 Å². The molecule has 0 saturated heterocycles. The maximum Gasteiger partial charge on any atom is 0.416 e. The monoisotopic (exact) mass is 471 g/mol. The molecule has 1 aliphatic heterocycles. The van der Waals surface area contributed by atoms with Gasteiger partial charge in [0.1, 0.15) is 0 Å². The highest BCUT2D eigenvalue weighted by molar-refractivity contribution is 8.01. The van der Waals surface area contributed by atoms with Crippen molar-refractivity contribution in [2.24, 2.45) is 0 Å². The van der Waals surface area contributed by atoms with Gasteiger partial charge in [-0.1, -0.05) is 17.7 Å². The summed E-state index contributed by atoms with van der Waals surface area (Å²) < 4.78 is 38.5. The van der Waals surface area contributed by atoms with Gasteiger partial charge in [-0.05, 0) is 42.8 Å². The number of benzene rings is 2. The van der Waals surface area contributed by atoms with Crippen LogP contribution in [0.3, 0.4) is 0 Å². The summed E-state index contributed by atoms with van der Waals surface area (Å²) in [6.07, 6.45) is -4.76. The van der Waals surface area contributed by atoms with Crippen LogP contribution in [-0.4, -0.2) is 29.5 Å². The molecule has 1 aliphatic rings. The van der Waals surface area contributed by atoms with Gasteiger partial charge in [0.05, 0.1) is 23.0 Å². The summed E-state index contributed by atoms with van der Waals surface area (Å²) in [5.41, 5.74) is 0.386. The Bertz CT molecular complexity index is 1050. The van der Waals surface area contributed by atoms with Crippen LogP contribution in [0.25, 0.3) is 0 Å². The van der Waals surface area contributed by atoms with Crippen molar-refractivity contribution in [1.82, 2.24) is 5.32 Å². The zero-order valence-electron chi connectivity index (χ0n) is 16.1. The van der Waals surface area contributed by atoms with Crippen LogP contribution in [0, 0.1) is 6.92 Å². The molecule has 11 heteroatoms. The maximum atomic E-state index is 12.8. The Morgan fingerprint density at radius 2 is 1.94 bits per heavy atom. The molecule has 0 radical (unpaired) electrons. The zero-order chi connectivity index (χ0) is 22.8. The second-order valence-electron chi connectivity index (χ2n) is 6.75. The lowest BCUT2D eigenvalue weighted by Crippen LogP contribution is -2.38.